The molecule has 112 valence electrons. The third-order valence-electron chi connectivity index (χ3n) is 3.65. The summed E-state index contributed by atoms with van der Waals surface area (Å²) in [5.41, 5.74) is 4.21. The number of nitrogens with zero attached hydrogens (tertiary/aromatic N) is 1. The quantitative estimate of drug-likeness (QED) is 0.369. The van der Waals surface area contributed by atoms with E-state index in [0.29, 0.717) is 0 Å². The summed E-state index contributed by atoms with van der Waals surface area (Å²) in [6, 6.07) is 16.8. The number of hydrogen-bond acceptors (Lipinski definition) is 2. The normalized spacial score (nSPS) is 11.0. The summed E-state index contributed by atoms with van der Waals surface area (Å²) in [5.74, 6) is 0. The second-order valence-corrected chi connectivity index (χ2v) is 6.19. The van der Waals surface area contributed by atoms with Gasteiger partial charge in [0.2, 0.25) is 0 Å². The molecule has 1 heterocycles. The van der Waals surface area contributed by atoms with Crippen molar-refractivity contribution >= 4 is 39.4 Å². The molecule has 0 amide bonds. The van der Waals surface area contributed by atoms with E-state index in [4.69, 9.17) is 0 Å². The molecule has 0 atom stereocenters. The molecule has 0 fully saturated rings. The second kappa shape index (κ2) is 6.59. The minimum atomic E-state index is 0.904. The molecule has 2 heteroatoms. The lowest BCUT2D eigenvalue weighted by atomic mass is 10.0. The van der Waals surface area contributed by atoms with E-state index in [1.54, 1.807) is 17.4 Å². The zero-order chi connectivity index (χ0) is 16.2. The Hall–Kier alpha value is -2.71. The van der Waals surface area contributed by atoms with Gasteiger partial charge in [-0.25, -0.2) is 0 Å². The standard InChI is InChI=1S/C21H17NS/c1-4-5-9-15(2)21-20(22-3)18-14-17(12-13-19(18)23-21)16-10-7-6-8-11-16/h4-14H,1-3H2/b9-5+. The van der Waals surface area contributed by atoms with Crippen LogP contribution in [0.2, 0.25) is 0 Å². The molecule has 0 bridgehead atoms. The zero-order valence-electron chi connectivity index (χ0n) is 12.8. The van der Waals surface area contributed by atoms with Crippen molar-refractivity contribution in [2.75, 3.05) is 0 Å². The molecular weight excluding hydrogens is 298 g/mol. The summed E-state index contributed by atoms with van der Waals surface area (Å²) >= 11 is 1.69. The summed E-state index contributed by atoms with van der Waals surface area (Å²) in [4.78, 5) is 5.32. The van der Waals surface area contributed by atoms with E-state index < -0.39 is 0 Å². The van der Waals surface area contributed by atoms with Crippen LogP contribution in [0.3, 0.4) is 0 Å². The Kier molecular flexibility index (Phi) is 4.35. The SMILES string of the molecule is C=C/C=C/C(=C)c1sc2ccc(-c3ccccc3)cc2c1N=C. The molecule has 0 saturated carbocycles. The molecule has 23 heavy (non-hydrogen) atoms. The van der Waals surface area contributed by atoms with E-state index in [0.717, 1.165) is 21.5 Å². The van der Waals surface area contributed by atoms with Gasteiger partial charge in [-0.1, -0.05) is 67.8 Å². The Balaban J connectivity index is 2.16. The number of aliphatic imine (C=N–C) groups is 1. The first kappa shape index (κ1) is 15.2. The van der Waals surface area contributed by atoms with Gasteiger partial charge in [0.1, 0.15) is 0 Å². The third kappa shape index (κ3) is 2.94. The average molecular weight is 315 g/mol. The second-order valence-electron chi connectivity index (χ2n) is 5.13. The Labute approximate surface area is 140 Å². The summed E-state index contributed by atoms with van der Waals surface area (Å²) in [6.45, 7) is 11.6. The summed E-state index contributed by atoms with van der Waals surface area (Å²) < 4.78 is 1.19. The fourth-order valence-corrected chi connectivity index (χ4v) is 3.62. The van der Waals surface area contributed by atoms with Crippen LogP contribution in [0, 0.1) is 0 Å². The first-order valence-corrected chi connectivity index (χ1v) is 8.13. The van der Waals surface area contributed by atoms with Gasteiger partial charge in [0.15, 0.2) is 0 Å². The smallest absolute Gasteiger partial charge is 0.0887 e. The predicted octanol–water partition coefficient (Wildman–Crippen LogP) is 6.66. The number of hydrogen-bond donors (Lipinski definition) is 0. The Bertz CT molecular complexity index is 914. The number of benzene rings is 2. The van der Waals surface area contributed by atoms with Gasteiger partial charge in [0.25, 0.3) is 0 Å². The predicted molar refractivity (Wildman–Crippen MR) is 105 cm³/mol. The Morgan fingerprint density at radius 2 is 1.83 bits per heavy atom. The largest absolute Gasteiger partial charge is 0.262 e. The van der Waals surface area contributed by atoms with Crippen LogP contribution in [-0.2, 0) is 0 Å². The van der Waals surface area contributed by atoms with Gasteiger partial charge >= 0.3 is 0 Å². The molecule has 3 rings (SSSR count). The molecule has 0 aliphatic rings. The monoisotopic (exact) mass is 315 g/mol. The number of rotatable bonds is 5. The van der Waals surface area contributed by atoms with E-state index in [1.165, 1.54) is 15.8 Å². The van der Waals surface area contributed by atoms with Gasteiger partial charge in [-0.2, -0.15) is 0 Å². The lowest BCUT2D eigenvalue weighted by Crippen LogP contribution is -1.76. The first-order chi connectivity index (χ1) is 11.2. The van der Waals surface area contributed by atoms with Crippen LogP contribution < -0.4 is 0 Å². The topological polar surface area (TPSA) is 12.4 Å². The van der Waals surface area contributed by atoms with Crippen molar-refractivity contribution in [3.05, 3.63) is 84.8 Å². The van der Waals surface area contributed by atoms with Gasteiger partial charge in [-0.05, 0) is 35.6 Å². The molecule has 3 aromatic rings. The molecule has 0 aliphatic heterocycles. The van der Waals surface area contributed by atoms with Gasteiger partial charge in [-0.3, -0.25) is 4.99 Å². The maximum absolute atomic E-state index is 4.26. The van der Waals surface area contributed by atoms with Crippen molar-refractivity contribution in [3.8, 4) is 11.1 Å². The highest BCUT2D eigenvalue weighted by Gasteiger charge is 2.13. The van der Waals surface area contributed by atoms with Crippen LogP contribution in [-0.4, -0.2) is 6.72 Å². The van der Waals surface area contributed by atoms with Gasteiger partial charge in [-0.15, -0.1) is 11.3 Å². The fraction of sp³-hybridized carbons (Fsp3) is 0. The maximum atomic E-state index is 4.26. The van der Waals surface area contributed by atoms with E-state index >= 15 is 0 Å². The molecule has 0 unspecified atom stereocenters. The van der Waals surface area contributed by atoms with Gasteiger partial charge in [0, 0.05) is 10.1 Å². The summed E-state index contributed by atoms with van der Waals surface area (Å²) in [6.07, 6.45) is 5.58. The van der Waals surface area contributed by atoms with Crippen LogP contribution in [0.4, 0.5) is 5.69 Å². The van der Waals surface area contributed by atoms with E-state index in [2.05, 4.69) is 55.2 Å². The van der Waals surface area contributed by atoms with Crippen LogP contribution in [0.25, 0.3) is 26.8 Å². The lowest BCUT2D eigenvalue weighted by molar-refractivity contribution is 1.61. The molecule has 0 radical (unpaired) electrons. The highest BCUT2D eigenvalue weighted by molar-refractivity contribution is 7.20. The zero-order valence-corrected chi connectivity index (χ0v) is 13.6. The molecule has 0 saturated heterocycles. The number of allylic oxidation sites excluding steroid dienone is 4. The maximum Gasteiger partial charge on any atom is 0.0887 e. The van der Waals surface area contributed by atoms with Crippen molar-refractivity contribution in [1.82, 2.24) is 0 Å². The van der Waals surface area contributed by atoms with Crippen LogP contribution in [0.5, 0.6) is 0 Å². The third-order valence-corrected chi connectivity index (χ3v) is 4.89. The lowest BCUT2D eigenvalue weighted by Gasteiger charge is -2.02. The minimum absolute atomic E-state index is 0.904. The highest BCUT2D eigenvalue weighted by Crippen LogP contribution is 2.43. The first-order valence-electron chi connectivity index (χ1n) is 7.31. The van der Waals surface area contributed by atoms with Gasteiger partial charge in [0.05, 0.1) is 10.6 Å². The molecule has 1 nitrogen and oxygen atoms in total. The van der Waals surface area contributed by atoms with E-state index in [1.807, 2.05) is 30.4 Å². The molecule has 2 aromatic carbocycles. The highest BCUT2D eigenvalue weighted by atomic mass is 32.1. The van der Waals surface area contributed by atoms with E-state index in [9.17, 15) is 0 Å². The Morgan fingerprint density at radius 3 is 2.52 bits per heavy atom. The van der Waals surface area contributed by atoms with Crippen molar-refractivity contribution in [1.29, 1.82) is 0 Å². The average Bonchev–Trinajstić information content (AvgIpc) is 2.98. The van der Waals surface area contributed by atoms with Crippen molar-refractivity contribution in [3.63, 3.8) is 0 Å². The van der Waals surface area contributed by atoms with E-state index in [-0.39, 0.29) is 0 Å². The molecule has 1 aromatic heterocycles. The minimum Gasteiger partial charge on any atom is -0.262 e. The van der Waals surface area contributed by atoms with Crippen LogP contribution in [0.15, 0.2) is 84.9 Å². The summed E-state index contributed by atoms with van der Waals surface area (Å²) in [7, 11) is 0. The molecule has 0 N–H and O–H groups in total. The van der Waals surface area contributed by atoms with Crippen LogP contribution in [0.1, 0.15) is 4.88 Å². The van der Waals surface area contributed by atoms with Crippen LogP contribution >= 0.6 is 11.3 Å². The van der Waals surface area contributed by atoms with Gasteiger partial charge < -0.3 is 0 Å². The fourth-order valence-electron chi connectivity index (χ4n) is 2.53. The molecular formula is C21H17NS. The molecule has 0 spiro atoms. The van der Waals surface area contributed by atoms with Crippen molar-refractivity contribution in [2.24, 2.45) is 4.99 Å². The van der Waals surface area contributed by atoms with Crippen molar-refractivity contribution < 1.29 is 0 Å². The number of fused-ring (bicyclic) bond motifs is 1. The Morgan fingerprint density at radius 1 is 1.04 bits per heavy atom. The van der Waals surface area contributed by atoms with Crippen molar-refractivity contribution in [2.45, 2.75) is 0 Å². The summed E-state index contributed by atoms with van der Waals surface area (Å²) in [5, 5.41) is 1.12. The number of thiophene rings is 1. The molecule has 0 aliphatic carbocycles.